The first-order valence-corrected chi connectivity index (χ1v) is 7.99. The fraction of sp³-hybridized carbons (Fsp3) is 1.00. The molecule has 4 aliphatic heterocycles. The Balaban J connectivity index is 1.76. The van der Waals surface area contributed by atoms with Crippen molar-refractivity contribution in [1.82, 2.24) is 9.80 Å². The molecular formula is C15H28N2O5. The number of piperidine rings is 2. The highest BCUT2D eigenvalue weighted by atomic mass is 16.4. The summed E-state index contributed by atoms with van der Waals surface area (Å²) < 4.78 is 0. The van der Waals surface area contributed by atoms with Crippen LogP contribution in [0.2, 0.25) is 0 Å². The molecule has 0 unspecified atom stereocenters. The summed E-state index contributed by atoms with van der Waals surface area (Å²) in [5.41, 5.74) is 0.408. The first-order valence-electron chi connectivity index (χ1n) is 7.99. The van der Waals surface area contributed by atoms with Crippen LogP contribution in [0.1, 0.15) is 20.3 Å². The molecule has 0 amide bonds. The van der Waals surface area contributed by atoms with Crippen LogP contribution in [0, 0.1) is 10.8 Å². The van der Waals surface area contributed by atoms with E-state index in [2.05, 4.69) is 23.6 Å². The molecular weight excluding hydrogens is 288 g/mol. The van der Waals surface area contributed by atoms with E-state index in [0.29, 0.717) is 0 Å². The molecule has 4 aliphatic rings. The van der Waals surface area contributed by atoms with Gasteiger partial charge in [-0.3, -0.25) is 9.80 Å². The van der Waals surface area contributed by atoms with Gasteiger partial charge in [0.25, 0.3) is 0 Å². The molecule has 7 nitrogen and oxygen atoms in total. The number of hydrogen-bond acceptors (Lipinski definition) is 7. The molecule has 0 spiro atoms. The summed E-state index contributed by atoms with van der Waals surface area (Å²) >= 11 is 0. The predicted molar refractivity (Wildman–Crippen MR) is 78.9 cm³/mol. The summed E-state index contributed by atoms with van der Waals surface area (Å²) in [6.45, 7) is 7.33. The third-order valence-electron chi connectivity index (χ3n) is 5.53. The van der Waals surface area contributed by atoms with Crippen molar-refractivity contribution in [2.75, 3.05) is 32.8 Å². The van der Waals surface area contributed by atoms with Crippen molar-refractivity contribution in [2.45, 2.75) is 50.8 Å². The van der Waals surface area contributed by atoms with Crippen molar-refractivity contribution < 1.29 is 25.5 Å². The van der Waals surface area contributed by atoms with E-state index in [4.69, 9.17) is 5.11 Å². The average molecular weight is 316 g/mol. The Kier molecular flexibility index (Phi) is 4.05. The normalized spacial score (nSPS) is 49.0. The van der Waals surface area contributed by atoms with Crippen LogP contribution in [0.3, 0.4) is 0 Å². The second-order valence-corrected chi connectivity index (χ2v) is 8.24. The molecule has 4 atom stereocenters. The summed E-state index contributed by atoms with van der Waals surface area (Å²) in [5.74, 6) is 0. The van der Waals surface area contributed by atoms with E-state index in [1.54, 1.807) is 0 Å². The lowest BCUT2D eigenvalue weighted by Crippen LogP contribution is -2.77. The standard InChI is InChI=1S/C15H28N2O5/c1-14-4-15(2)7-16(5-14)13(17(6-14)8-15)12(22)11(21)10(20)9(19)3-18/h9-13,18-22H,3-8H2,1-2H3/t9-,10-,11+,12-,13?,14?,15?/m1/s1. The molecule has 0 aromatic rings. The fourth-order valence-corrected chi connectivity index (χ4v) is 5.18. The number of rotatable bonds is 5. The molecule has 4 heterocycles. The van der Waals surface area contributed by atoms with Gasteiger partial charge < -0.3 is 25.5 Å². The van der Waals surface area contributed by atoms with E-state index in [1.807, 2.05) is 0 Å². The number of aliphatic hydroxyl groups excluding tert-OH is 5. The minimum atomic E-state index is -1.56. The molecule has 4 rings (SSSR count). The predicted octanol–water partition coefficient (Wildman–Crippen LogP) is -2.20. The van der Waals surface area contributed by atoms with Crippen LogP contribution >= 0.6 is 0 Å². The highest BCUT2D eigenvalue weighted by Gasteiger charge is 2.58. The van der Waals surface area contributed by atoms with Gasteiger partial charge in [-0.25, -0.2) is 0 Å². The molecule has 0 aromatic heterocycles. The van der Waals surface area contributed by atoms with Gasteiger partial charge in [-0.2, -0.15) is 0 Å². The first kappa shape index (κ1) is 16.6. The van der Waals surface area contributed by atoms with Crippen molar-refractivity contribution in [1.29, 1.82) is 0 Å². The van der Waals surface area contributed by atoms with Gasteiger partial charge in [0.2, 0.25) is 0 Å². The van der Waals surface area contributed by atoms with Gasteiger partial charge >= 0.3 is 0 Å². The van der Waals surface area contributed by atoms with Crippen molar-refractivity contribution >= 4 is 0 Å². The Morgan fingerprint density at radius 2 is 1.36 bits per heavy atom. The lowest BCUT2D eigenvalue weighted by Gasteiger charge is -2.67. The molecule has 4 fully saturated rings. The SMILES string of the molecule is CC12CN3CC(C)(CN(C1)C3[C@H](O)[C@@H](O)[C@H](O)[C@H](O)CO)C2. The smallest absolute Gasteiger partial charge is 0.111 e. The quantitative estimate of drug-likeness (QED) is 0.392. The van der Waals surface area contributed by atoms with E-state index in [9.17, 15) is 20.4 Å². The third-order valence-corrected chi connectivity index (χ3v) is 5.53. The Hall–Kier alpha value is -0.280. The summed E-state index contributed by atoms with van der Waals surface area (Å²) in [4.78, 5) is 4.37. The molecule has 0 aliphatic carbocycles. The van der Waals surface area contributed by atoms with E-state index in [1.165, 1.54) is 6.42 Å². The zero-order valence-electron chi connectivity index (χ0n) is 13.3. The van der Waals surface area contributed by atoms with E-state index >= 15 is 0 Å². The summed E-state index contributed by atoms with van der Waals surface area (Å²) in [5, 5.41) is 49.0. The zero-order chi connectivity index (χ0) is 16.3. The van der Waals surface area contributed by atoms with Crippen LogP contribution in [-0.4, -0.2) is 98.7 Å². The topological polar surface area (TPSA) is 108 Å². The first-order chi connectivity index (χ1) is 10.2. The van der Waals surface area contributed by atoms with Gasteiger partial charge in [0.05, 0.1) is 12.8 Å². The third kappa shape index (κ3) is 2.58. The van der Waals surface area contributed by atoms with E-state index in [0.717, 1.165) is 26.2 Å². The van der Waals surface area contributed by atoms with Gasteiger partial charge in [0.1, 0.15) is 24.4 Å². The minimum absolute atomic E-state index is 0.204. The van der Waals surface area contributed by atoms with Gasteiger partial charge in [-0.15, -0.1) is 0 Å². The Morgan fingerprint density at radius 3 is 1.77 bits per heavy atom. The summed E-state index contributed by atoms with van der Waals surface area (Å²) in [6.07, 6.45) is -4.89. The van der Waals surface area contributed by atoms with Crippen LogP contribution < -0.4 is 0 Å². The number of aliphatic hydroxyl groups is 5. The number of hydrogen-bond donors (Lipinski definition) is 5. The largest absolute Gasteiger partial charge is 0.394 e. The maximum Gasteiger partial charge on any atom is 0.111 e. The van der Waals surface area contributed by atoms with E-state index in [-0.39, 0.29) is 17.0 Å². The van der Waals surface area contributed by atoms with Crippen LogP contribution in [0.25, 0.3) is 0 Å². The molecule has 0 aromatic carbocycles. The Labute approximate surface area is 130 Å². The van der Waals surface area contributed by atoms with Crippen molar-refractivity contribution in [3.63, 3.8) is 0 Å². The highest BCUT2D eigenvalue weighted by molar-refractivity contribution is 5.09. The second kappa shape index (κ2) is 5.37. The number of nitrogens with zero attached hydrogens (tertiary/aromatic N) is 2. The summed E-state index contributed by atoms with van der Waals surface area (Å²) in [6, 6.07) is 0. The zero-order valence-corrected chi connectivity index (χ0v) is 13.3. The molecule has 7 heteroatoms. The average Bonchev–Trinajstić information content (AvgIpc) is 2.41. The maximum absolute atomic E-state index is 10.5. The van der Waals surface area contributed by atoms with Crippen molar-refractivity contribution in [2.24, 2.45) is 10.8 Å². The highest BCUT2D eigenvalue weighted by Crippen LogP contribution is 2.51. The van der Waals surface area contributed by atoms with Gasteiger partial charge in [-0.05, 0) is 17.3 Å². The summed E-state index contributed by atoms with van der Waals surface area (Å²) in [7, 11) is 0. The van der Waals surface area contributed by atoms with Crippen LogP contribution in [0.15, 0.2) is 0 Å². The molecule has 0 saturated carbocycles. The molecule has 4 saturated heterocycles. The van der Waals surface area contributed by atoms with Gasteiger partial charge in [0, 0.05) is 26.2 Å². The van der Waals surface area contributed by atoms with Crippen molar-refractivity contribution in [3.8, 4) is 0 Å². The molecule has 128 valence electrons. The van der Waals surface area contributed by atoms with Gasteiger partial charge in [0.15, 0.2) is 0 Å². The monoisotopic (exact) mass is 316 g/mol. The van der Waals surface area contributed by atoms with Crippen LogP contribution in [0.4, 0.5) is 0 Å². The molecule has 5 N–H and O–H groups in total. The Bertz CT molecular complexity index is 398. The lowest BCUT2D eigenvalue weighted by molar-refractivity contribution is -0.237. The lowest BCUT2D eigenvalue weighted by atomic mass is 9.63. The second-order valence-electron chi connectivity index (χ2n) is 8.24. The fourth-order valence-electron chi connectivity index (χ4n) is 5.18. The Morgan fingerprint density at radius 1 is 0.909 bits per heavy atom. The van der Waals surface area contributed by atoms with Gasteiger partial charge in [-0.1, -0.05) is 13.8 Å². The minimum Gasteiger partial charge on any atom is -0.394 e. The molecule has 22 heavy (non-hydrogen) atoms. The van der Waals surface area contributed by atoms with Crippen molar-refractivity contribution in [3.05, 3.63) is 0 Å². The van der Waals surface area contributed by atoms with E-state index < -0.39 is 31.0 Å². The molecule has 0 radical (unpaired) electrons. The van der Waals surface area contributed by atoms with Crippen LogP contribution in [-0.2, 0) is 0 Å². The van der Waals surface area contributed by atoms with Crippen LogP contribution in [0.5, 0.6) is 0 Å². The molecule has 4 bridgehead atoms. The maximum atomic E-state index is 10.5.